The van der Waals surface area contributed by atoms with Gasteiger partial charge in [0, 0.05) is 12.3 Å². The fraction of sp³-hybridized carbons (Fsp3) is 0.125. The third kappa shape index (κ3) is 3.52. The number of aromatic nitrogens is 4. The molecule has 0 amide bonds. The van der Waals surface area contributed by atoms with Crippen LogP contribution in [0.2, 0.25) is 0 Å². The van der Waals surface area contributed by atoms with Gasteiger partial charge in [0.05, 0.1) is 11.9 Å². The molecular formula is C16H16N6O. The molecule has 7 nitrogen and oxygen atoms in total. The maximum atomic E-state index is 9.31. The van der Waals surface area contributed by atoms with E-state index in [1.165, 1.54) is 6.33 Å². The van der Waals surface area contributed by atoms with Gasteiger partial charge in [0.15, 0.2) is 11.6 Å². The highest BCUT2D eigenvalue weighted by Gasteiger charge is 2.03. The normalized spacial score (nSPS) is 11.5. The van der Waals surface area contributed by atoms with Gasteiger partial charge < -0.3 is 5.11 Å². The van der Waals surface area contributed by atoms with Crippen LogP contribution < -0.4 is 5.43 Å². The Labute approximate surface area is 133 Å². The highest BCUT2D eigenvalue weighted by atomic mass is 16.3. The Bertz CT molecular complexity index is 838. The summed E-state index contributed by atoms with van der Waals surface area (Å²) >= 11 is 0. The van der Waals surface area contributed by atoms with E-state index in [0.29, 0.717) is 11.6 Å². The fourth-order valence-corrected chi connectivity index (χ4v) is 1.98. The van der Waals surface area contributed by atoms with E-state index in [-0.39, 0.29) is 5.75 Å². The van der Waals surface area contributed by atoms with E-state index in [9.17, 15) is 5.11 Å². The molecule has 0 aliphatic rings. The number of hydrazone groups is 1. The standard InChI is InChI=1S/C16H16N6O/c1-11-8-19-22(9-11)16-7-15(17-10-18-16)21-20-12(2)13-3-5-14(23)6-4-13/h3-10,23H,1-2H3,(H,17,18,21). The van der Waals surface area contributed by atoms with Crippen molar-refractivity contribution in [1.82, 2.24) is 19.7 Å². The van der Waals surface area contributed by atoms with Crippen molar-refractivity contribution in [1.29, 1.82) is 0 Å². The number of aryl methyl sites for hydroxylation is 1. The zero-order valence-electron chi connectivity index (χ0n) is 12.8. The van der Waals surface area contributed by atoms with Gasteiger partial charge in [-0.05, 0) is 49.2 Å². The van der Waals surface area contributed by atoms with Gasteiger partial charge in [-0.1, -0.05) is 0 Å². The largest absolute Gasteiger partial charge is 0.508 e. The Hall–Kier alpha value is -3.22. The molecule has 0 aliphatic heterocycles. The van der Waals surface area contributed by atoms with Gasteiger partial charge in [0.2, 0.25) is 0 Å². The molecule has 2 heterocycles. The number of nitrogens with zero attached hydrogens (tertiary/aromatic N) is 5. The van der Waals surface area contributed by atoms with Crippen LogP contribution in [0, 0.1) is 6.92 Å². The van der Waals surface area contributed by atoms with Crippen molar-refractivity contribution in [2.45, 2.75) is 13.8 Å². The topological polar surface area (TPSA) is 88.2 Å². The zero-order valence-corrected chi connectivity index (χ0v) is 12.8. The second-order valence-corrected chi connectivity index (χ2v) is 5.08. The highest BCUT2D eigenvalue weighted by molar-refractivity contribution is 5.99. The number of rotatable bonds is 4. The Morgan fingerprint density at radius 2 is 2.00 bits per heavy atom. The van der Waals surface area contributed by atoms with Gasteiger partial charge in [-0.15, -0.1) is 0 Å². The molecule has 3 rings (SSSR count). The Morgan fingerprint density at radius 3 is 2.70 bits per heavy atom. The second-order valence-electron chi connectivity index (χ2n) is 5.08. The molecule has 0 saturated heterocycles. The molecule has 0 aliphatic carbocycles. The summed E-state index contributed by atoms with van der Waals surface area (Å²) in [6.45, 7) is 3.84. The van der Waals surface area contributed by atoms with E-state index in [1.54, 1.807) is 41.2 Å². The number of aromatic hydroxyl groups is 1. The third-order valence-electron chi connectivity index (χ3n) is 3.22. The minimum absolute atomic E-state index is 0.226. The van der Waals surface area contributed by atoms with Crippen molar-refractivity contribution in [2.24, 2.45) is 5.10 Å². The molecule has 2 aromatic heterocycles. The van der Waals surface area contributed by atoms with Crippen LogP contribution in [-0.2, 0) is 0 Å². The average Bonchev–Trinajstić information content (AvgIpc) is 3.00. The quantitative estimate of drug-likeness (QED) is 0.571. The van der Waals surface area contributed by atoms with Crippen LogP contribution in [0.5, 0.6) is 5.75 Å². The van der Waals surface area contributed by atoms with E-state index in [2.05, 4.69) is 25.6 Å². The molecular weight excluding hydrogens is 292 g/mol. The van der Waals surface area contributed by atoms with Crippen LogP contribution in [-0.4, -0.2) is 30.6 Å². The van der Waals surface area contributed by atoms with Gasteiger partial charge in [-0.3, -0.25) is 5.43 Å². The highest BCUT2D eigenvalue weighted by Crippen LogP contribution is 2.12. The van der Waals surface area contributed by atoms with Crippen molar-refractivity contribution < 1.29 is 5.11 Å². The smallest absolute Gasteiger partial charge is 0.158 e. The number of hydrogen-bond donors (Lipinski definition) is 2. The molecule has 0 saturated carbocycles. The van der Waals surface area contributed by atoms with Crippen LogP contribution in [0.15, 0.2) is 54.2 Å². The van der Waals surface area contributed by atoms with Crippen LogP contribution in [0.25, 0.3) is 5.82 Å². The molecule has 7 heteroatoms. The predicted octanol–water partition coefficient (Wildman–Crippen LogP) is 2.51. The summed E-state index contributed by atoms with van der Waals surface area (Å²) in [5.74, 6) is 1.46. The first-order valence-corrected chi connectivity index (χ1v) is 7.05. The molecule has 0 unspecified atom stereocenters. The fourth-order valence-electron chi connectivity index (χ4n) is 1.98. The molecule has 2 N–H and O–H groups in total. The Kier molecular flexibility index (Phi) is 4.01. The molecule has 0 radical (unpaired) electrons. The molecule has 0 bridgehead atoms. The van der Waals surface area contributed by atoms with Gasteiger partial charge in [-0.2, -0.15) is 10.2 Å². The van der Waals surface area contributed by atoms with E-state index >= 15 is 0 Å². The van der Waals surface area contributed by atoms with Gasteiger partial charge >= 0.3 is 0 Å². The van der Waals surface area contributed by atoms with E-state index in [1.807, 2.05) is 20.0 Å². The maximum Gasteiger partial charge on any atom is 0.158 e. The van der Waals surface area contributed by atoms with Gasteiger partial charge in [0.1, 0.15) is 12.1 Å². The number of benzene rings is 1. The molecule has 3 aromatic rings. The summed E-state index contributed by atoms with van der Waals surface area (Å²) in [5, 5.41) is 17.8. The molecule has 0 fully saturated rings. The van der Waals surface area contributed by atoms with E-state index < -0.39 is 0 Å². The molecule has 0 spiro atoms. The molecule has 23 heavy (non-hydrogen) atoms. The summed E-state index contributed by atoms with van der Waals surface area (Å²) in [6.07, 6.45) is 5.11. The van der Waals surface area contributed by atoms with Crippen LogP contribution in [0.4, 0.5) is 5.82 Å². The van der Waals surface area contributed by atoms with Gasteiger partial charge in [0.25, 0.3) is 0 Å². The van der Waals surface area contributed by atoms with Crippen LogP contribution in [0.1, 0.15) is 18.1 Å². The first-order chi connectivity index (χ1) is 11.1. The Morgan fingerprint density at radius 1 is 1.22 bits per heavy atom. The SMILES string of the molecule is CC(=NNc1cc(-n2cc(C)cn2)ncn1)c1ccc(O)cc1. The third-order valence-corrected chi connectivity index (χ3v) is 3.22. The van der Waals surface area contributed by atoms with Crippen molar-refractivity contribution in [3.05, 3.63) is 60.2 Å². The molecule has 1 aromatic carbocycles. The molecule has 0 atom stereocenters. The summed E-state index contributed by atoms with van der Waals surface area (Å²) in [7, 11) is 0. The van der Waals surface area contributed by atoms with Crippen molar-refractivity contribution in [3.8, 4) is 11.6 Å². The lowest BCUT2D eigenvalue weighted by Gasteiger charge is -2.05. The predicted molar refractivity (Wildman–Crippen MR) is 87.8 cm³/mol. The summed E-state index contributed by atoms with van der Waals surface area (Å²) in [5.41, 5.74) is 5.65. The minimum Gasteiger partial charge on any atom is -0.508 e. The van der Waals surface area contributed by atoms with Gasteiger partial charge in [-0.25, -0.2) is 14.6 Å². The minimum atomic E-state index is 0.226. The lowest BCUT2D eigenvalue weighted by atomic mass is 10.1. The first-order valence-electron chi connectivity index (χ1n) is 7.05. The summed E-state index contributed by atoms with van der Waals surface area (Å²) < 4.78 is 1.68. The van der Waals surface area contributed by atoms with Crippen molar-refractivity contribution in [2.75, 3.05) is 5.43 Å². The monoisotopic (exact) mass is 308 g/mol. The summed E-state index contributed by atoms with van der Waals surface area (Å²) in [4.78, 5) is 8.33. The number of phenolic OH excluding ortho intramolecular Hbond substituents is 1. The molecule has 116 valence electrons. The average molecular weight is 308 g/mol. The second kappa shape index (κ2) is 6.27. The number of anilines is 1. The first kappa shape index (κ1) is 14.7. The van der Waals surface area contributed by atoms with E-state index in [0.717, 1.165) is 16.8 Å². The zero-order chi connectivity index (χ0) is 16.2. The number of nitrogens with one attached hydrogen (secondary N) is 1. The summed E-state index contributed by atoms with van der Waals surface area (Å²) in [6, 6.07) is 8.61. The Balaban J connectivity index is 1.78. The van der Waals surface area contributed by atoms with Crippen molar-refractivity contribution >= 4 is 11.5 Å². The van der Waals surface area contributed by atoms with Crippen molar-refractivity contribution in [3.63, 3.8) is 0 Å². The van der Waals surface area contributed by atoms with Crippen LogP contribution in [0.3, 0.4) is 0 Å². The number of hydrogen-bond acceptors (Lipinski definition) is 6. The lowest BCUT2D eigenvalue weighted by molar-refractivity contribution is 0.475. The maximum absolute atomic E-state index is 9.31. The van der Waals surface area contributed by atoms with E-state index in [4.69, 9.17) is 0 Å². The number of phenols is 1. The lowest BCUT2D eigenvalue weighted by Crippen LogP contribution is -2.03. The van der Waals surface area contributed by atoms with Crippen LogP contribution >= 0.6 is 0 Å².